The fourth-order valence-corrected chi connectivity index (χ4v) is 3.83. The number of nitrogens with zero attached hydrogens (tertiary/aromatic N) is 1. The van der Waals surface area contributed by atoms with Gasteiger partial charge in [-0.2, -0.15) is 0 Å². The van der Waals surface area contributed by atoms with Gasteiger partial charge in [-0.3, -0.25) is 4.90 Å². The van der Waals surface area contributed by atoms with Crippen LogP contribution >= 0.6 is 0 Å². The minimum Gasteiger partial charge on any atom is -0.374 e. The molecule has 23 heavy (non-hydrogen) atoms. The summed E-state index contributed by atoms with van der Waals surface area (Å²) in [4.78, 5) is 2.30. The standard InChI is InChI=1S/C16H25FN2O3S/c1-13(2)10-19-7-8-22-16(11-19)9-18-23(20,21)12-14-3-5-15(17)6-4-14/h3-6,13,16,18H,7-12H2,1-2H3/t16-/m1/s1. The van der Waals surface area contributed by atoms with Gasteiger partial charge in [-0.25, -0.2) is 17.5 Å². The lowest BCUT2D eigenvalue weighted by atomic mass is 10.2. The van der Waals surface area contributed by atoms with E-state index in [4.69, 9.17) is 4.74 Å². The molecule has 1 atom stereocenters. The molecule has 0 aromatic heterocycles. The van der Waals surface area contributed by atoms with Crippen LogP contribution in [0.25, 0.3) is 0 Å². The van der Waals surface area contributed by atoms with Crippen molar-refractivity contribution in [2.75, 3.05) is 32.8 Å². The summed E-state index contributed by atoms with van der Waals surface area (Å²) in [5.41, 5.74) is 0.560. The molecular formula is C16H25FN2O3S. The van der Waals surface area contributed by atoms with E-state index in [9.17, 15) is 12.8 Å². The quantitative estimate of drug-likeness (QED) is 0.816. The first-order valence-electron chi connectivity index (χ1n) is 7.90. The topological polar surface area (TPSA) is 58.6 Å². The maximum absolute atomic E-state index is 12.9. The Hall–Kier alpha value is -1.02. The second-order valence-electron chi connectivity index (χ2n) is 6.38. The Bertz CT molecular complexity index is 590. The summed E-state index contributed by atoms with van der Waals surface area (Å²) < 4.78 is 45.3. The zero-order valence-corrected chi connectivity index (χ0v) is 14.5. The first-order chi connectivity index (χ1) is 10.8. The van der Waals surface area contributed by atoms with Crippen molar-refractivity contribution in [1.29, 1.82) is 0 Å². The molecule has 1 aromatic rings. The molecule has 5 nitrogen and oxygen atoms in total. The van der Waals surface area contributed by atoms with Crippen LogP contribution < -0.4 is 4.72 Å². The number of ether oxygens (including phenoxy) is 1. The lowest BCUT2D eigenvalue weighted by Gasteiger charge is -2.33. The average molecular weight is 344 g/mol. The zero-order valence-electron chi connectivity index (χ0n) is 13.7. The fraction of sp³-hybridized carbons (Fsp3) is 0.625. The van der Waals surface area contributed by atoms with Gasteiger partial charge in [-0.05, 0) is 23.6 Å². The molecule has 1 aliphatic heterocycles. The molecule has 0 saturated carbocycles. The SMILES string of the molecule is CC(C)CN1CCO[C@H](CNS(=O)(=O)Cc2ccc(F)cc2)C1. The Morgan fingerprint density at radius 1 is 1.35 bits per heavy atom. The number of benzene rings is 1. The van der Waals surface area contributed by atoms with Gasteiger partial charge in [-0.1, -0.05) is 26.0 Å². The van der Waals surface area contributed by atoms with Crippen LogP contribution in [0.3, 0.4) is 0 Å². The Labute approximate surface area is 137 Å². The Balaban J connectivity index is 1.82. The molecule has 1 heterocycles. The second-order valence-corrected chi connectivity index (χ2v) is 8.19. The lowest BCUT2D eigenvalue weighted by Crippen LogP contribution is -2.48. The van der Waals surface area contributed by atoms with Crippen molar-refractivity contribution in [3.05, 3.63) is 35.6 Å². The van der Waals surface area contributed by atoms with Crippen molar-refractivity contribution < 1.29 is 17.5 Å². The number of sulfonamides is 1. The highest BCUT2D eigenvalue weighted by Crippen LogP contribution is 2.09. The molecule has 1 aliphatic rings. The minimum atomic E-state index is -3.46. The molecule has 1 N–H and O–H groups in total. The van der Waals surface area contributed by atoms with Crippen molar-refractivity contribution in [2.24, 2.45) is 5.92 Å². The number of hydrogen-bond acceptors (Lipinski definition) is 4. The third kappa shape index (κ3) is 6.55. The molecule has 1 saturated heterocycles. The smallest absolute Gasteiger partial charge is 0.215 e. The molecule has 0 bridgehead atoms. The molecule has 2 rings (SSSR count). The number of nitrogens with one attached hydrogen (secondary N) is 1. The predicted molar refractivity (Wildman–Crippen MR) is 88.0 cm³/mol. The third-order valence-electron chi connectivity index (χ3n) is 3.65. The molecule has 130 valence electrons. The molecule has 0 radical (unpaired) electrons. The Kier molecular flexibility index (Phi) is 6.52. The summed E-state index contributed by atoms with van der Waals surface area (Å²) in [5, 5.41) is 0. The monoisotopic (exact) mass is 344 g/mol. The van der Waals surface area contributed by atoms with Gasteiger partial charge >= 0.3 is 0 Å². The first kappa shape index (κ1) is 18.3. The van der Waals surface area contributed by atoms with Gasteiger partial charge in [0.15, 0.2) is 0 Å². The summed E-state index contributed by atoms with van der Waals surface area (Å²) in [5.74, 6) is 0.0410. The summed E-state index contributed by atoms with van der Waals surface area (Å²) in [6.45, 7) is 7.82. The van der Waals surface area contributed by atoms with E-state index in [-0.39, 0.29) is 24.2 Å². The summed E-state index contributed by atoms with van der Waals surface area (Å²) in [7, 11) is -3.46. The normalized spacial score (nSPS) is 20.1. The van der Waals surface area contributed by atoms with Crippen LogP contribution in [0.2, 0.25) is 0 Å². The van der Waals surface area contributed by atoms with Crippen LogP contribution in [0.5, 0.6) is 0 Å². The summed E-state index contributed by atoms with van der Waals surface area (Å²) >= 11 is 0. The number of halogens is 1. The van der Waals surface area contributed by atoms with E-state index in [0.29, 0.717) is 18.1 Å². The van der Waals surface area contributed by atoms with Gasteiger partial charge in [0.05, 0.1) is 18.5 Å². The van der Waals surface area contributed by atoms with E-state index in [1.54, 1.807) is 0 Å². The van der Waals surface area contributed by atoms with Crippen LogP contribution in [-0.2, 0) is 20.5 Å². The summed E-state index contributed by atoms with van der Waals surface area (Å²) in [6, 6.07) is 5.49. The lowest BCUT2D eigenvalue weighted by molar-refractivity contribution is -0.0280. The Morgan fingerprint density at radius 2 is 2.04 bits per heavy atom. The highest BCUT2D eigenvalue weighted by atomic mass is 32.2. The van der Waals surface area contributed by atoms with Crippen molar-refractivity contribution in [3.63, 3.8) is 0 Å². The summed E-state index contributed by atoms with van der Waals surface area (Å²) in [6.07, 6.45) is -0.134. The van der Waals surface area contributed by atoms with Crippen LogP contribution in [0.4, 0.5) is 4.39 Å². The van der Waals surface area contributed by atoms with Crippen LogP contribution in [0, 0.1) is 11.7 Å². The van der Waals surface area contributed by atoms with Crippen molar-refractivity contribution in [1.82, 2.24) is 9.62 Å². The second kappa shape index (κ2) is 8.19. The minimum absolute atomic E-state index is 0.134. The van der Waals surface area contributed by atoms with Gasteiger partial charge in [0.2, 0.25) is 10.0 Å². The Morgan fingerprint density at radius 3 is 2.70 bits per heavy atom. The molecule has 1 aromatic carbocycles. The molecule has 0 amide bonds. The zero-order chi connectivity index (χ0) is 16.9. The molecule has 0 spiro atoms. The highest BCUT2D eigenvalue weighted by molar-refractivity contribution is 7.88. The van der Waals surface area contributed by atoms with Crippen molar-refractivity contribution in [3.8, 4) is 0 Å². The van der Waals surface area contributed by atoms with E-state index >= 15 is 0 Å². The number of rotatable bonds is 7. The number of morpholine rings is 1. The third-order valence-corrected chi connectivity index (χ3v) is 4.97. The van der Waals surface area contributed by atoms with Crippen LogP contribution in [0.15, 0.2) is 24.3 Å². The van der Waals surface area contributed by atoms with E-state index in [0.717, 1.165) is 19.6 Å². The molecule has 0 aliphatic carbocycles. The fourth-order valence-electron chi connectivity index (χ4n) is 2.66. The van der Waals surface area contributed by atoms with Crippen molar-refractivity contribution in [2.45, 2.75) is 25.7 Å². The maximum atomic E-state index is 12.9. The van der Waals surface area contributed by atoms with E-state index < -0.39 is 10.0 Å². The molecule has 7 heteroatoms. The molecule has 1 fully saturated rings. The van der Waals surface area contributed by atoms with Gasteiger partial charge in [0.1, 0.15) is 5.82 Å². The van der Waals surface area contributed by atoms with E-state index in [1.165, 1.54) is 24.3 Å². The number of hydrogen-bond donors (Lipinski definition) is 1. The average Bonchev–Trinajstić information content (AvgIpc) is 2.47. The predicted octanol–water partition coefficient (Wildman–Crippen LogP) is 1.60. The highest BCUT2D eigenvalue weighted by Gasteiger charge is 2.22. The largest absolute Gasteiger partial charge is 0.374 e. The molecule has 0 unspecified atom stereocenters. The molecular weight excluding hydrogens is 319 g/mol. The van der Waals surface area contributed by atoms with Crippen LogP contribution in [-0.4, -0.2) is 52.2 Å². The van der Waals surface area contributed by atoms with Crippen LogP contribution in [0.1, 0.15) is 19.4 Å². The van der Waals surface area contributed by atoms with Gasteiger partial charge in [0, 0.05) is 26.2 Å². The van der Waals surface area contributed by atoms with Gasteiger partial charge < -0.3 is 4.74 Å². The first-order valence-corrected chi connectivity index (χ1v) is 9.55. The van der Waals surface area contributed by atoms with E-state index in [2.05, 4.69) is 23.5 Å². The van der Waals surface area contributed by atoms with Crippen molar-refractivity contribution >= 4 is 10.0 Å². The maximum Gasteiger partial charge on any atom is 0.215 e. The van der Waals surface area contributed by atoms with Gasteiger partial charge in [-0.15, -0.1) is 0 Å². The van der Waals surface area contributed by atoms with Gasteiger partial charge in [0.25, 0.3) is 0 Å². The van der Waals surface area contributed by atoms with E-state index in [1.807, 2.05) is 0 Å².